The van der Waals surface area contributed by atoms with Crippen LogP contribution in [0.4, 0.5) is 0 Å². The van der Waals surface area contributed by atoms with Crippen LogP contribution in [0.3, 0.4) is 0 Å². The van der Waals surface area contributed by atoms with Gasteiger partial charge in [-0.25, -0.2) is 4.98 Å². The van der Waals surface area contributed by atoms with E-state index in [0.717, 1.165) is 51.7 Å². The number of hydrogen-bond acceptors (Lipinski definition) is 6. The van der Waals surface area contributed by atoms with E-state index in [4.69, 9.17) is 4.74 Å². The quantitative estimate of drug-likeness (QED) is 0.799. The summed E-state index contributed by atoms with van der Waals surface area (Å²) in [6, 6.07) is 0. The molecule has 0 aliphatic carbocycles. The summed E-state index contributed by atoms with van der Waals surface area (Å²) in [5, 5.41) is 14.5. The average Bonchev–Trinajstić information content (AvgIpc) is 3.03. The van der Waals surface area contributed by atoms with Crippen LogP contribution in [-0.2, 0) is 11.3 Å². The number of ether oxygens (including phenoxy) is 1. The van der Waals surface area contributed by atoms with Gasteiger partial charge in [-0.3, -0.25) is 9.58 Å². The minimum absolute atomic E-state index is 0.119. The molecule has 1 aromatic heterocycles. The standard InChI is InChI=1S/C16H29N5O2/c1-14-2-4-19(5-3-14)8-15(22)9-20-6-7-23-16(10-20)11-21-13-17-12-18-21/h12-16,22H,2-11H2,1H3/t15-,16-/m1/s1. The highest BCUT2D eigenvalue weighted by atomic mass is 16.5. The van der Waals surface area contributed by atoms with Crippen molar-refractivity contribution in [2.45, 2.75) is 38.5 Å². The minimum atomic E-state index is -0.284. The van der Waals surface area contributed by atoms with E-state index in [0.29, 0.717) is 6.61 Å². The van der Waals surface area contributed by atoms with Gasteiger partial charge in [0, 0.05) is 26.2 Å². The number of morpholine rings is 1. The molecule has 7 nitrogen and oxygen atoms in total. The van der Waals surface area contributed by atoms with Gasteiger partial charge in [-0.1, -0.05) is 6.92 Å². The zero-order valence-corrected chi connectivity index (χ0v) is 14.0. The monoisotopic (exact) mass is 323 g/mol. The van der Waals surface area contributed by atoms with E-state index in [1.54, 1.807) is 17.3 Å². The maximum atomic E-state index is 10.4. The van der Waals surface area contributed by atoms with Crippen molar-refractivity contribution in [3.8, 4) is 0 Å². The molecule has 0 aromatic carbocycles. The number of β-amino-alcohol motifs (C(OH)–C–C–N with tert-alkyl or cyclic N) is 1. The summed E-state index contributed by atoms with van der Waals surface area (Å²) in [6.07, 6.45) is 5.61. The highest BCUT2D eigenvalue weighted by Gasteiger charge is 2.24. The number of rotatable bonds is 6. The third-order valence-electron chi connectivity index (χ3n) is 4.89. The van der Waals surface area contributed by atoms with Gasteiger partial charge in [-0.2, -0.15) is 5.10 Å². The van der Waals surface area contributed by atoms with Crippen LogP contribution >= 0.6 is 0 Å². The minimum Gasteiger partial charge on any atom is -0.390 e. The van der Waals surface area contributed by atoms with E-state index in [2.05, 4.69) is 26.8 Å². The molecular weight excluding hydrogens is 294 g/mol. The van der Waals surface area contributed by atoms with Gasteiger partial charge in [0.25, 0.3) is 0 Å². The molecule has 2 aliphatic rings. The molecule has 0 bridgehead atoms. The van der Waals surface area contributed by atoms with Crippen LogP contribution in [0.2, 0.25) is 0 Å². The first kappa shape index (κ1) is 16.8. The zero-order chi connectivity index (χ0) is 16.1. The van der Waals surface area contributed by atoms with Crippen molar-refractivity contribution in [2.75, 3.05) is 45.9 Å². The van der Waals surface area contributed by atoms with Crippen LogP contribution in [0.5, 0.6) is 0 Å². The lowest BCUT2D eigenvalue weighted by Crippen LogP contribution is -2.49. The Morgan fingerprint density at radius 3 is 2.74 bits per heavy atom. The maximum Gasteiger partial charge on any atom is 0.137 e. The Kier molecular flexibility index (Phi) is 5.99. The van der Waals surface area contributed by atoms with E-state index in [1.165, 1.54) is 12.8 Å². The first-order chi connectivity index (χ1) is 11.2. The van der Waals surface area contributed by atoms with Gasteiger partial charge in [0.2, 0.25) is 0 Å². The van der Waals surface area contributed by atoms with Crippen LogP contribution in [-0.4, -0.2) is 87.8 Å². The molecule has 0 radical (unpaired) electrons. The van der Waals surface area contributed by atoms with Gasteiger partial charge in [0.1, 0.15) is 12.7 Å². The molecule has 3 heterocycles. The van der Waals surface area contributed by atoms with Crippen molar-refractivity contribution in [1.29, 1.82) is 0 Å². The SMILES string of the molecule is CC1CCN(C[C@@H](O)CN2CCO[C@@H](Cn3cncn3)C2)CC1. The highest BCUT2D eigenvalue weighted by Crippen LogP contribution is 2.16. The Labute approximate surface area is 138 Å². The maximum absolute atomic E-state index is 10.4. The molecule has 7 heteroatoms. The Morgan fingerprint density at radius 2 is 2.00 bits per heavy atom. The van der Waals surface area contributed by atoms with Crippen molar-refractivity contribution in [2.24, 2.45) is 5.92 Å². The molecule has 1 N–H and O–H groups in total. The molecule has 2 saturated heterocycles. The summed E-state index contributed by atoms with van der Waals surface area (Å²) in [5.41, 5.74) is 0. The van der Waals surface area contributed by atoms with Crippen LogP contribution in [0.15, 0.2) is 12.7 Å². The Morgan fingerprint density at radius 1 is 1.22 bits per heavy atom. The molecule has 0 unspecified atom stereocenters. The average molecular weight is 323 g/mol. The molecule has 0 spiro atoms. The van der Waals surface area contributed by atoms with Crippen molar-refractivity contribution in [1.82, 2.24) is 24.6 Å². The Balaban J connectivity index is 1.40. The summed E-state index contributed by atoms with van der Waals surface area (Å²) in [6.45, 7) is 9.24. The summed E-state index contributed by atoms with van der Waals surface area (Å²) in [7, 11) is 0. The summed E-state index contributed by atoms with van der Waals surface area (Å²) < 4.78 is 7.61. The first-order valence-corrected chi connectivity index (χ1v) is 8.76. The molecule has 23 heavy (non-hydrogen) atoms. The number of aromatic nitrogens is 3. The number of aliphatic hydroxyl groups is 1. The molecule has 1 aromatic rings. The second-order valence-corrected chi connectivity index (χ2v) is 7.01. The summed E-state index contributed by atoms with van der Waals surface area (Å²) >= 11 is 0. The normalized spacial score (nSPS) is 26.4. The van der Waals surface area contributed by atoms with Crippen LogP contribution < -0.4 is 0 Å². The van der Waals surface area contributed by atoms with E-state index in [-0.39, 0.29) is 12.2 Å². The number of hydrogen-bond donors (Lipinski definition) is 1. The third-order valence-corrected chi connectivity index (χ3v) is 4.89. The van der Waals surface area contributed by atoms with Crippen LogP contribution in [0, 0.1) is 5.92 Å². The fourth-order valence-corrected chi connectivity index (χ4v) is 3.49. The molecule has 3 rings (SSSR count). The zero-order valence-electron chi connectivity index (χ0n) is 14.0. The topological polar surface area (TPSA) is 66.7 Å². The van der Waals surface area contributed by atoms with Crippen molar-refractivity contribution >= 4 is 0 Å². The van der Waals surface area contributed by atoms with Crippen molar-refractivity contribution in [3.05, 3.63) is 12.7 Å². The Bertz CT molecular complexity index is 447. The molecule has 2 fully saturated rings. The number of aliphatic hydroxyl groups excluding tert-OH is 1. The molecule has 2 atom stereocenters. The number of likely N-dealkylation sites (tertiary alicyclic amines) is 1. The van der Waals surface area contributed by atoms with Gasteiger partial charge < -0.3 is 14.7 Å². The fraction of sp³-hybridized carbons (Fsp3) is 0.875. The van der Waals surface area contributed by atoms with Gasteiger partial charge in [0.15, 0.2) is 0 Å². The van der Waals surface area contributed by atoms with Crippen LogP contribution in [0.25, 0.3) is 0 Å². The number of piperidine rings is 1. The highest BCUT2D eigenvalue weighted by molar-refractivity contribution is 4.78. The van der Waals surface area contributed by atoms with E-state index in [9.17, 15) is 5.11 Å². The second kappa shape index (κ2) is 8.19. The lowest BCUT2D eigenvalue weighted by Gasteiger charge is -2.36. The predicted octanol–water partition coefficient (Wildman–Crippen LogP) is 0.0717. The van der Waals surface area contributed by atoms with E-state index < -0.39 is 0 Å². The number of nitrogens with zero attached hydrogens (tertiary/aromatic N) is 5. The third kappa shape index (κ3) is 5.24. The molecule has 0 saturated carbocycles. The molecule has 0 amide bonds. The Hall–Kier alpha value is -1.02. The smallest absolute Gasteiger partial charge is 0.137 e. The van der Waals surface area contributed by atoms with Gasteiger partial charge in [-0.15, -0.1) is 0 Å². The lowest BCUT2D eigenvalue weighted by molar-refractivity contribution is -0.0514. The van der Waals surface area contributed by atoms with E-state index >= 15 is 0 Å². The van der Waals surface area contributed by atoms with Crippen molar-refractivity contribution < 1.29 is 9.84 Å². The summed E-state index contributed by atoms with van der Waals surface area (Å²) in [5.74, 6) is 0.834. The largest absolute Gasteiger partial charge is 0.390 e. The first-order valence-electron chi connectivity index (χ1n) is 8.76. The van der Waals surface area contributed by atoms with Crippen molar-refractivity contribution in [3.63, 3.8) is 0 Å². The second-order valence-electron chi connectivity index (χ2n) is 7.01. The molecular formula is C16H29N5O2. The lowest BCUT2D eigenvalue weighted by atomic mass is 9.99. The predicted molar refractivity (Wildman–Crippen MR) is 87.0 cm³/mol. The van der Waals surface area contributed by atoms with Crippen LogP contribution in [0.1, 0.15) is 19.8 Å². The summed E-state index contributed by atoms with van der Waals surface area (Å²) in [4.78, 5) is 8.67. The molecule has 2 aliphatic heterocycles. The fourth-order valence-electron chi connectivity index (χ4n) is 3.49. The van der Waals surface area contributed by atoms with Gasteiger partial charge >= 0.3 is 0 Å². The molecule has 130 valence electrons. The van der Waals surface area contributed by atoms with Gasteiger partial charge in [-0.05, 0) is 31.8 Å². The van der Waals surface area contributed by atoms with E-state index in [1.807, 2.05) is 0 Å². The van der Waals surface area contributed by atoms with Gasteiger partial charge in [0.05, 0.1) is 25.4 Å².